The van der Waals surface area contributed by atoms with Gasteiger partial charge in [0.1, 0.15) is 11.5 Å². The van der Waals surface area contributed by atoms with Crippen LogP contribution in [-0.4, -0.2) is 38.4 Å². The van der Waals surface area contributed by atoms with Gasteiger partial charge in [0.15, 0.2) is 0 Å². The third-order valence-electron chi connectivity index (χ3n) is 2.27. The standard InChI is InChI=1S/C12H17NO4/c1-16-9-4-5-10(11(8-9)17-2)12(15)13-6-3-7-14/h4-5,8,14H,3,6-7H2,1-2H3,(H,13,15). The second-order valence-corrected chi connectivity index (χ2v) is 3.40. The lowest BCUT2D eigenvalue weighted by Gasteiger charge is -2.10. The van der Waals surface area contributed by atoms with Gasteiger partial charge in [0.05, 0.1) is 19.8 Å². The Morgan fingerprint density at radius 2 is 2.12 bits per heavy atom. The highest BCUT2D eigenvalue weighted by molar-refractivity contribution is 5.97. The van der Waals surface area contributed by atoms with Crippen LogP contribution in [0.3, 0.4) is 0 Å². The number of carbonyl (C=O) groups is 1. The number of amides is 1. The van der Waals surface area contributed by atoms with Gasteiger partial charge in [0, 0.05) is 19.2 Å². The van der Waals surface area contributed by atoms with Crippen LogP contribution in [0, 0.1) is 0 Å². The minimum atomic E-state index is -0.224. The number of ether oxygens (including phenoxy) is 2. The van der Waals surface area contributed by atoms with E-state index in [1.165, 1.54) is 7.11 Å². The molecule has 0 saturated heterocycles. The Hall–Kier alpha value is -1.75. The zero-order valence-electron chi connectivity index (χ0n) is 10.0. The fourth-order valence-corrected chi connectivity index (χ4v) is 1.36. The number of hydrogen-bond donors (Lipinski definition) is 2. The Morgan fingerprint density at radius 3 is 2.71 bits per heavy atom. The number of methoxy groups -OCH3 is 2. The molecule has 17 heavy (non-hydrogen) atoms. The predicted molar refractivity (Wildman–Crippen MR) is 63.6 cm³/mol. The summed E-state index contributed by atoms with van der Waals surface area (Å²) in [5.74, 6) is 0.873. The molecule has 0 radical (unpaired) electrons. The average Bonchev–Trinajstić information content (AvgIpc) is 2.38. The number of benzene rings is 1. The fourth-order valence-electron chi connectivity index (χ4n) is 1.36. The van der Waals surface area contributed by atoms with E-state index >= 15 is 0 Å². The summed E-state index contributed by atoms with van der Waals surface area (Å²) in [5.41, 5.74) is 0.450. The number of rotatable bonds is 6. The predicted octanol–water partition coefficient (Wildman–Crippen LogP) is 0.816. The van der Waals surface area contributed by atoms with Crippen molar-refractivity contribution in [1.82, 2.24) is 5.32 Å². The van der Waals surface area contributed by atoms with Crippen LogP contribution in [-0.2, 0) is 0 Å². The average molecular weight is 239 g/mol. The molecule has 0 saturated carbocycles. The zero-order valence-corrected chi connectivity index (χ0v) is 10.0. The van der Waals surface area contributed by atoms with Gasteiger partial charge >= 0.3 is 0 Å². The van der Waals surface area contributed by atoms with E-state index in [2.05, 4.69) is 5.32 Å². The number of nitrogens with one attached hydrogen (secondary N) is 1. The van der Waals surface area contributed by atoms with Crippen LogP contribution in [0.2, 0.25) is 0 Å². The van der Waals surface area contributed by atoms with Gasteiger partial charge in [0.25, 0.3) is 5.91 Å². The van der Waals surface area contributed by atoms with Crippen molar-refractivity contribution in [3.05, 3.63) is 23.8 Å². The lowest BCUT2D eigenvalue weighted by atomic mass is 10.1. The molecule has 0 spiro atoms. The first-order valence-corrected chi connectivity index (χ1v) is 5.34. The van der Waals surface area contributed by atoms with Crippen molar-refractivity contribution in [2.24, 2.45) is 0 Å². The van der Waals surface area contributed by atoms with E-state index in [1.807, 2.05) is 0 Å². The van der Waals surface area contributed by atoms with Gasteiger partial charge in [0.2, 0.25) is 0 Å². The molecule has 2 N–H and O–H groups in total. The molecule has 0 aliphatic rings. The van der Waals surface area contributed by atoms with Crippen LogP contribution in [0.1, 0.15) is 16.8 Å². The summed E-state index contributed by atoms with van der Waals surface area (Å²) in [7, 11) is 3.05. The maximum Gasteiger partial charge on any atom is 0.255 e. The van der Waals surface area contributed by atoms with Crippen molar-refractivity contribution in [3.63, 3.8) is 0 Å². The zero-order chi connectivity index (χ0) is 12.7. The molecule has 5 nitrogen and oxygen atoms in total. The van der Waals surface area contributed by atoms with Crippen LogP contribution in [0.15, 0.2) is 18.2 Å². The molecule has 94 valence electrons. The molecule has 0 unspecified atom stereocenters. The molecule has 0 aliphatic heterocycles. The molecule has 0 fully saturated rings. The van der Waals surface area contributed by atoms with Crippen LogP contribution >= 0.6 is 0 Å². The molecule has 1 amide bonds. The molecule has 0 atom stereocenters. The largest absolute Gasteiger partial charge is 0.497 e. The molecule has 0 aromatic heterocycles. The first-order chi connectivity index (χ1) is 8.22. The number of hydrogen-bond acceptors (Lipinski definition) is 4. The van der Waals surface area contributed by atoms with E-state index in [1.54, 1.807) is 25.3 Å². The Balaban J connectivity index is 2.78. The van der Waals surface area contributed by atoms with Gasteiger partial charge in [-0.2, -0.15) is 0 Å². The fraction of sp³-hybridized carbons (Fsp3) is 0.417. The van der Waals surface area contributed by atoms with Crippen molar-refractivity contribution in [2.75, 3.05) is 27.4 Å². The van der Waals surface area contributed by atoms with Gasteiger partial charge in [-0.3, -0.25) is 4.79 Å². The minimum absolute atomic E-state index is 0.0556. The quantitative estimate of drug-likeness (QED) is 0.721. The van der Waals surface area contributed by atoms with E-state index in [0.29, 0.717) is 30.0 Å². The Labute approximate surface area is 100 Å². The molecule has 5 heteroatoms. The summed E-state index contributed by atoms with van der Waals surface area (Å²) in [5, 5.41) is 11.3. The van der Waals surface area contributed by atoms with Gasteiger partial charge in [-0.15, -0.1) is 0 Å². The summed E-state index contributed by atoms with van der Waals surface area (Å²) in [6.07, 6.45) is 0.532. The van der Waals surface area contributed by atoms with Gasteiger partial charge in [-0.25, -0.2) is 0 Å². The first-order valence-electron chi connectivity index (χ1n) is 5.34. The highest BCUT2D eigenvalue weighted by Crippen LogP contribution is 2.24. The van der Waals surface area contributed by atoms with Gasteiger partial charge in [-0.05, 0) is 18.6 Å². The molecule has 0 bridgehead atoms. The molecular weight excluding hydrogens is 222 g/mol. The van der Waals surface area contributed by atoms with Crippen LogP contribution in [0.25, 0.3) is 0 Å². The summed E-state index contributed by atoms with van der Waals surface area (Å²) < 4.78 is 10.2. The van der Waals surface area contributed by atoms with Gasteiger partial charge in [-0.1, -0.05) is 0 Å². The number of aliphatic hydroxyl groups excluding tert-OH is 1. The molecule has 1 rings (SSSR count). The van der Waals surface area contributed by atoms with Crippen molar-refractivity contribution >= 4 is 5.91 Å². The second-order valence-electron chi connectivity index (χ2n) is 3.40. The smallest absolute Gasteiger partial charge is 0.255 e. The maximum absolute atomic E-state index is 11.8. The van der Waals surface area contributed by atoms with Crippen molar-refractivity contribution < 1.29 is 19.4 Å². The van der Waals surface area contributed by atoms with Crippen molar-refractivity contribution in [2.45, 2.75) is 6.42 Å². The highest BCUT2D eigenvalue weighted by Gasteiger charge is 2.12. The second kappa shape index (κ2) is 6.75. The van der Waals surface area contributed by atoms with Crippen LogP contribution in [0.4, 0.5) is 0 Å². The Morgan fingerprint density at radius 1 is 1.35 bits per heavy atom. The monoisotopic (exact) mass is 239 g/mol. The lowest BCUT2D eigenvalue weighted by Crippen LogP contribution is -2.25. The van der Waals surface area contributed by atoms with Gasteiger partial charge < -0.3 is 19.9 Å². The Bertz CT molecular complexity index is 379. The molecule has 0 aliphatic carbocycles. The van der Waals surface area contributed by atoms with E-state index < -0.39 is 0 Å². The minimum Gasteiger partial charge on any atom is -0.497 e. The lowest BCUT2D eigenvalue weighted by molar-refractivity contribution is 0.0948. The van der Waals surface area contributed by atoms with Crippen molar-refractivity contribution in [3.8, 4) is 11.5 Å². The molecule has 0 heterocycles. The van der Waals surface area contributed by atoms with E-state index in [9.17, 15) is 4.79 Å². The normalized spacial score (nSPS) is 9.82. The molecule has 1 aromatic carbocycles. The summed E-state index contributed by atoms with van der Waals surface area (Å²) in [4.78, 5) is 11.8. The van der Waals surface area contributed by atoms with Crippen LogP contribution < -0.4 is 14.8 Å². The molecule has 1 aromatic rings. The Kier molecular flexibility index (Phi) is 5.29. The third-order valence-corrected chi connectivity index (χ3v) is 2.27. The van der Waals surface area contributed by atoms with Crippen molar-refractivity contribution in [1.29, 1.82) is 0 Å². The molecular formula is C12H17NO4. The summed E-state index contributed by atoms with van der Waals surface area (Å²) in [6.45, 7) is 0.491. The maximum atomic E-state index is 11.8. The third kappa shape index (κ3) is 3.64. The van der Waals surface area contributed by atoms with E-state index in [0.717, 1.165) is 0 Å². The number of carbonyl (C=O) groups excluding carboxylic acids is 1. The summed E-state index contributed by atoms with van der Waals surface area (Å²) >= 11 is 0. The van der Waals surface area contributed by atoms with E-state index in [4.69, 9.17) is 14.6 Å². The first kappa shape index (κ1) is 13.3. The SMILES string of the molecule is COc1ccc(C(=O)NCCCO)c(OC)c1. The topological polar surface area (TPSA) is 67.8 Å². The number of aliphatic hydroxyl groups is 1. The van der Waals surface area contributed by atoms with Crippen LogP contribution in [0.5, 0.6) is 11.5 Å². The highest BCUT2D eigenvalue weighted by atomic mass is 16.5. The summed E-state index contributed by atoms with van der Waals surface area (Å²) in [6, 6.07) is 5.00. The van der Waals surface area contributed by atoms with E-state index in [-0.39, 0.29) is 12.5 Å².